The van der Waals surface area contributed by atoms with Crippen LogP contribution in [-0.4, -0.2) is 54.0 Å². The summed E-state index contributed by atoms with van der Waals surface area (Å²) in [6, 6.07) is 5.53. The van der Waals surface area contributed by atoms with Gasteiger partial charge < -0.3 is 15.0 Å². The van der Waals surface area contributed by atoms with Gasteiger partial charge >= 0.3 is 0 Å². The van der Waals surface area contributed by atoms with Crippen LogP contribution >= 0.6 is 11.8 Å². The highest BCUT2D eigenvalue weighted by atomic mass is 32.2. The van der Waals surface area contributed by atoms with E-state index < -0.39 is 0 Å². The molecule has 2 atom stereocenters. The molecule has 130 valence electrons. The predicted molar refractivity (Wildman–Crippen MR) is 96.6 cm³/mol. The van der Waals surface area contributed by atoms with Crippen LogP contribution in [0.2, 0.25) is 0 Å². The second-order valence-electron chi connectivity index (χ2n) is 6.21. The minimum absolute atomic E-state index is 0.0180. The van der Waals surface area contributed by atoms with E-state index in [1.807, 2.05) is 48.7 Å². The maximum absolute atomic E-state index is 12.7. The number of carbonyl (C=O) groups excluding carboxylic acids is 2. The first kappa shape index (κ1) is 17.3. The van der Waals surface area contributed by atoms with Crippen molar-refractivity contribution < 1.29 is 14.3 Å². The van der Waals surface area contributed by atoms with E-state index in [4.69, 9.17) is 4.74 Å². The van der Waals surface area contributed by atoms with Gasteiger partial charge in [0.15, 0.2) is 0 Å². The number of benzene rings is 1. The fourth-order valence-electron chi connectivity index (χ4n) is 3.01. The van der Waals surface area contributed by atoms with Crippen LogP contribution in [0.1, 0.15) is 29.3 Å². The van der Waals surface area contributed by atoms with E-state index >= 15 is 0 Å². The van der Waals surface area contributed by atoms with Crippen LogP contribution in [0, 0.1) is 12.8 Å². The van der Waals surface area contributed by atoms with Crippen LogP contribution in [0.4, 0.5) is 5.69 Å². The molecule has 0 spiro atoms. The largest absolute Gasteiger partial charge is 0.378 e. The normalized spacial score (nSPS) is 23.0. The van der Waals surface area contributed by atoms with Crippen molar-refractivity contribution in [2.45, 2.75) is 26.4 Å². The molecule has 24 heavy (non-hydrogen) atoms. The van der Waals surface area contributed by atoms with Crippen LogP contribution in [-0.2, 0) is 9.53 Å². The summed E-state index contributed by atoms with van der Waals surface area (Å²) in [5.74, 6) is 1.95. The Kier molecular flexibility index (Phi) is 5.46. The van der Waals surface area contributed by atoms with Crippen LogP contribution in [0.5, 0.6) is 0 Å². The Labute approximate surface area is 147 Å². The van der Waals surface area contributed by atoms with Crippen molar-refractivity contribution in [2.24, 2.45) is 5.92 Å². The Hall–Kier alpha value is -1.53. The summed E-state index contributed by atoms with van der Waals surface area (Å²) in [6.45, 7) is 6.04. The zero-order valence-electron chi connectivity index (χ0n) is 14.2. The number of ether oxygens (including phenoxy) is 1. The summed E-state index contributed by atoms with van der Waals surface area (Å²) in [4.78, 5) is 26.9. The van der Waals surface area contributed by atoms with E-state index in [1.54, 1.807) is 0 Å². The first-order valence-electron chi connectivity index (χ1n) is 8.51. The summed E-state index contributed by atoms with van der Waals surface area (Å²) in [5, 5.41) is 2.96. The third kappa shape index (κ3) is 3.75. The molecule has 2 aliphatic rings. The number of thioether (sulfide) groups is 1. The third-order valence-corrected chi connectivity index (χ3v) is 5.51. The molecule has 0 unspecified atom stereocenters. The van der Waals surface area contributed by atoms with Crippen LogP contribution in [0.25, 0.3) is 0 Å². The minimum Gasteiger partial charge on any atom is -0.378 e. The number of carbonyl (C=O) groups is 2. The molecule has 2 fully saturated rings. The van der Waals surface area contributed by atoms with E-state index in [9.17, 15) is 9.59 Å². The van der Waals surface area contributed by atoms with E-state index in [1.165, 1.54) is 0 Å². The lowest BCUT2D eigenvalue weighted by atomic mass is 10.0. The molecule has 0 bridgehead atoms. The number of rotatable bonds is 5. The minimum atomic E-state index is -0.0668. The van der Waals surface area contributed by atoms with E-state index in [0.717, 1.165) is 42.3 Å². The van der Waals surface area contributed by atoms with Crippen LogP contribution < -0.4 is 5.32 Å². The first-order chi connectivity index (χ1) is 11.6. The van der Waals surface area contributed by atoms with Gasteiger partial charge in [0.1, 0.15) is 0 Å². The molecule has 1 heterocycles. The highest BCUT2D eigenvalue weighted by Crippen LogP contribution is 2.35. The first-order valence-corrected chi connectivity index (χ1v) is 9.66. The fourth-order valence-corrected chi connectivity index (χ4v) is 3.91. The summed E-state index contributed by atoms with van der Waals surface area (Å²) in [6.07, 6.45) is 0.828. The summed E-state index contributed by atoms with van der Waals surface area (Å²) in [7, 11) is 0. The highest BCUT2D eigenvalue weighted by molar-refractivity contribution is 7.99. The van der Waals surface area contributed by atoms with Gasteiger partial charge in [-0.05, 0) is 38.0 Å². The van der Waals surface area contributed by atoms with Crippen molar-refractivity contribution in [3.63, 3.8) is 0 Å². The number of nitrogens with zero attached hydrogens (tertiary/aromatic N) is 1. The van der Waals surface area contributed by atoms with Crippen molar-refractivity contribution in [3.8, 4) is 0 Å². The molecular weight excluding hydrogens is 324 g/mol. The molecule has 0 aromatic heterocycles. The monoisotopic (exact) mass is 348 g/mol. The summed E-state index contributed by atoms with van der Waals surface area (Å²) < 4.78 is 5.47. The molecule has 5 nitrogen and oxygen atoms in total. The van der Waals surface area contributed by atoms with Gasteiger partial charge in [-0.2, -0.15) is 11.8 Å². The maximum atomic E-state index is 12.7. The van der Waals surface area contributed by atoms with Crippen molar-refractivity contribution >= 4 is 29.3 Å². The van der Waals surface area contributed by atoms with Gasteiger partial charge in [-0.1, -0.05) is 6.07 Å². The lowest BCUT2D eigenvalue weighted by Gasteiger charge is -2.27. The van der Waals surface area contributed by atoms with Gasteiger partial charge in [0.2, 0.25) is 5.91 Å². The van der Waals surface area contributed by atoms with Crippen molar-refractivity contribution in [1.29, 1.82) is 0 Å². The zero-order chi connectivity index (χ0) is 17.1. The highest BCUT2D eigenvalue weighted by Gasteiger charge is 2.44. The molecule has 1 N–H and O–H groups in total. The van der Waals surface area contributed by atoms with Gasteiger partial charge in [-0.3, -0.25) is 9.59 Å². The second-order valence-corrected chi connectivity index (χ2v) is 7.43. The predicted octanol–water partition coefficient (Wildman–Crippen LogP) is 2.55. The van der Waals surface area contributed by atoms with Crippen LogP contribution in [0.15, 0.2) is 18.2 Å². The Morgan fingerprint density at radius 3 is 2.79 bits per heavy atom. The molecule has 6 heteroatoms. The third-order valence-electron chi connectivity index (χ3n) is 4.57. The number of hydrogen-bond donors (Lipinski definition) is 1. The molecule has 2 amide bonds. The van der Waals surface area contributed by atoms with E-state index in [2.05, 4.69) is 5.32 Å². The Morgan fingerprint density at radius 1 is 1.33 bits per heavy atom. The van der Waals surface area contributed by atoms with Crippen molar-refractivity contribution in [3.05, 3.63) is 29.3 Å². The molecular formula is C18H24N2O3S. The Balaban J connectivity index is 1.69. The number of nitrogens with one attached hydrogen (secondary N) is 1. The van der Waals surface area contributed by atoms with Crippen molar-refractivity contribution in [2.75, 3.05) is 36.5 Å². The quantitative estimate of drug-likeness (QED) is 0.888. The Bertz CT molecular complexity index is 629. The smallest absolute Gasteiger partial charge is 0.254 e. The van der Waals surface area contributed by atoms with E-state index in [-0.39, 0.29) is 23.8 Å². The summed E-state index contributed by atoms with van der Waals surface area (Å²) >= 11 is 1.88. The lowest BCUT2D eigenvalue weighted by molar-refractivity contribution is -0.118. The maximum Gasteiger partial charge on any atom is 0.254 e. The number of hydrogen-bond acceptors (Lipinski definition) is 4. The Morgan fingerprint density at radius 2 is 2.08 bits per heavy atom. The lowest BCUT2D eigenvalue weighted by Crippen LogP contribution is -2.38. The van der Waals surface area contributed by atoms with Gasteiger partial charge in [0.25, 0.3) is 5.91 Å². The van der Waals surface area contributed by atoms with Gasteiger partial charge in [-0.15, -0.1) is 0 Å². The van der Waals surface area contributed by atoms with E-state index in [0.29, 0.717) is 12.2 Å². The molecule has 1 saturated carbocycles. The zero-order valence-corrected chi connectivity index (χ0v) is 15.0. The average molecular weight is 348 g/mol. The standard InChI is InChI=1S/C18H24N2O3S/c1-3-23-16-11-14(16)17(21)19-15-6-4-5-13(12(15)2)18(22)20-7-9-24-10-8-20/h4-6,14,16H,3,7-11H2,1-2H3,(H,19,21)/t14-,16-/m1/s1. The number of anilines is 1. The SMILES string of the molecule is CCO[C@@H]1C[C@H]1C(=O)Nc1cccc(C(=O)N2CCSCC2)c1C. The summed E-state index contributed by atoms with van der Waals surface area (Å²) in [5.41, 5.74) is 2.24. The number of amides is 2. The molecule has 3 rings (SSSR count). The van der Waals surface area contributed by atoms with Crippen molar-refractivity contribution in [1.82, 2.24) is 4.90 Å². The van der Waals surface area contributed by atoms with Gasteiger partial charge in [-0.25, -0.2) is 0 Å². The molecule has 1 aliphatic heterocycles. The molecule has 1 aromatic rings. The molecule has 1 aromatic carbocycles. The molecule has 0 radical (unpaired) electrons. The fraction of sp³-hybridized carbons (Fsp3) is 0.556. The second kappa shape index (κ2) is 7.57. The molecule has 1 saturated heterocycles. The average Bonchev–Trinajstić information content (AvgIpc) is 3.37. The van der Waals surface area contributed by atoms with Crippen LogP contribution in [0.3, 0.4) is 0 Å². The molecule has 1 aliphatic carbocycles. The topological polar surface area (TPSA) is 58.6 Å². The van der Waals surface area contributed by atoms with Gasteiger partial charge in [0.05, 0.1) is 12.0 Å². The van der Waals surface area contributed by atoms with Gasteiger partial charge in [0, 0.05) is 42.5 Å².